The smallest absolute Gasteiger partial charge is 0.308 e. The van der Waals surface area contributed by atoms with Crippen LogP contribution in [0.1, 0.15) is 10.6 Å². The van der Waals surface area contributed by atoms with Gasteiger partial charge in [0.2, 0.25) is 0 Å². The van der Waals surface area contributed by atoms with Crippen LogP contribution in [-0.2, 0) is 0 Å². The van der Waals surface area contributed by atoms with Crippen LogP contribution in [0, 0.1) is 10.1 Å². The quantitative estimate of drug-likeness (QED) is 0.388. The Morgan fingerprint density at radius 1 is 1.73 bits per heavy atom. The molecule has 0 saturated heterocycles. The molecule has 0 fully saturated rings. The Morgan fingerprint density at radius 3 is 2.64 bits per heavy atom. The molecule has 1 aromatic rings. The molecular formula is C5H2ClNO4. The fourth-order valence-electron chi connectivity index (χ4n) is 0.525. The molecule has 0 spiro atoms. The van der Waals surface area contributed by atoms with E-state index in [1.165, 1.54) is 0 Å². The van der Waals surface area contributed by atoms with E-state index >= 15 is 0 Å². The van der Waals surface area contributed by atoms with Gasteiger partial charge in [0.25, 0.3) is 5.24 Å². The van der Waals surface area contributed by atoms with Gasteiger partial charge in [-0.25, -0.2) is 0 Å². The van der Waals surface area contributed by atoms with Gasteiger partial charge < -0.3 is 4.42 Å². The maximum atomic E-state index is 10.3. The second-order valence-corrected chi connectivity index (χ2v) is 2.04. The van der Waals surface area contributed by atoms with Crippen LogP contribution in [0.5, 0.6) is 0 Å². The molecule has 0 N–H and O–H groups in total. The van der Waals surface area contributed by atoms with Gasteiger partial charge in [-0.1, -0.05) is 0 Å². The Hall–Kier alpha value is -1.36. The van der Waals surface area contributed by atoms with E-state index < -0.39 is 10.2 Å². The van der Waals surface area contributed by atoms with Crippen LogP contribution in [0.3, 0.4) is 0 Å². The second-order valence-electron chi connectivity index (χ2n) is 1.70. The van der Waals surface area contributed by atoms with Crippen molar-refractivity contribution in [2.75, 3.05) is 0 Å². The van der Waals surface area contributed by atoms with Crippen molar-refractivity contribution in [3.05, 3.63) is 28.2 Å². The SMILES string of the molecule is O=C(Cl)c1cc([N+](=O)[O-])co1. The summed E-state index contributed by atoms with van der Waals surface area (Å²) in [6.45, 7) is 0. The van der Waals surface area contributed by atoms with E-state index in [1.807, 2.05) is 0 Å². The summed E-state index contributed by atoms with van der Waals surface area (Å²) in [7, 11) is 0. The molecule has 0 aliphatic carbocycles. The highest BCUT2D eigenvalue weighted by molar-refractivity contribution is 6.67. The molecule has 1 aromatic heterocycles. The van der Waals surface area contributed by atoms with Crippen LogP contribution in [-0.4, -0.2) is 10.2 Å². The predicted octanol–water partition coefficient (Wildman–Crippen LogP) is 1.57. The lowest BCUT2D eigenvalue weighted by Crippen LogP contribution is -1.85. The zero-order valence-corrected chi connectivity index (χ0v) is 5.87. The number of halogens is 1. The summed E-state index contributed by atoms with van der Waals surface area (Å²) in [5.41, 5.74) is -0.283. The maximum absolute atomic E-state index is 10.3. The van der Waals surface area contributed by atoms with Crippen LogP contribution in [0.25, 0.3) is 0 Å². The summed E-state index contributed by atoms with van der Waals surface area (Å²) in [4.78, 5) is 19.7. The van der Waals surface area contributed by atoms with Gasteiger partial charge in [0, 0.05) is 0 Å². The number of nitrogens with zero attached hydrogens (tertiary/aromatic N) is 1. The number of furan rings is 1. The lowest BCUT2D eigenvalue weighted by atomic mass is 10.4. The van der Waals surface area contributed by atoms with Gasteiger partial charge in [-0.2, -0.15) is 0 Å². The summed E-state index contributed by atoms with van der Waals surface area (Å²) in [6, 6.07) is 0.968. The molecule has 0 radical (unpaired) electrons. The number of rotatable bonds is 2. The number of carbonyl (C=O) groups excluding carboxylic acids is 1. The lowest BCUT2D eigenvalue weighted by molar-refractivity contribution is -0.385. The molecule has 5 nitrogen and oxygen atoms in total. The van der Waals surface area contributed by atoms with Gasteiger partial charge in [-0.3, -0.25) is 14.9 Å². The lowest BCUT2D eigenvalue weighted by Gasteiger charge is -1.78. The van der Waals surface area contributed by atoms with Gasteiger partial charge >= 0.3 is 5.69 Å². The van der Waals surface area contributed by atoms with E-state index in [-0.39, 0.29) is 11.4 Å². The number of nitro groups is 1. The van der Waals surface area contributed by atoms with Crippen LogP contribution in [0.2, 0.25) is 0 Å². The third-order valence-electron chi connectivity index (χ3n) is 0.990. The minimum atomic E-state index is -0.849. The van der Waals surface area contributed by atoms with Crippen molar-refractivity contribution in [2.24, 2.45) is 0 Å². The first kappa shape index (κ1) is 7.74. The first-order valence-corrected chi connectivity index (χ1v) is 2.92. The average Bonchev–Trinajstić information content (AvgIpc) is 2.33. The molecule has 0 bridgehead atoms. The summed E-state index contributed by atoms with van der Waals surface area (Å²) >= 11 is 4.97. The third kappa shape index (κ3) is 1.56. The molecule has 0 saturated carbocycles. The van der Waals surface area contributed by atoms with Gasteiger partial charge in [0.15, 0.2) is 12.0 Å². The Kier molecular flexibility index (Phi) is 1.91. The minimum Gasteiger partial charge on any atom is -0.452 e. The highest BCUT2D eigenvalue weighted by atomic mass is 35.5. The van der Waals surface area contributed by atoms with Crippen LogP contribution in [0.4, 0.5) is 5.69 Å². The average molecular weight is 176 g/mol. The van der Waals surface area contributed by atoms with Gasteiger partial charge in [-0.15, -0.1) is 0 Å². The zero-order valence-electron chi connectivity index (χ0n) is 5.11. The molecule has 6 heteroatoms. The highest BCUT2D eigenvalue weighted by Gasteiger charge is 2.14. The van der Waals surface area contributed by atoms with Crippen LogP contribution < -0.4 is 0 Å². The number of carbonyl (C=O) groups is 1. The van der Waals surface area contributed by atoms with E-state index in [9.17, 15) is 14.9 Å². The molecule has 0 amide bonds. The largest absolute Gasteiger partial charge is 0.452 e. The summed E-state index contributed by atoms with van der Waals surface area (Å²) in [5, 5.41) is 9.18. The highest BCUT2D eigenvalue weighted by Crippen LogP contribution is 2.16. The standard InChI is InChI=1S/C5H2ClNO4/c6-5(8)4-1-3(2-11-4)7(9)10/h1-2H. The van der Waals surface area contributed by atoms with Crippen molar-refractivity contribution in [2.45, 2.75) is 0 Å². The van der Waals surface area contributed by atoms with E-state index in [0.717, 1.165) is 12.3 Å². The summed E-state index contributed by atoms with van der Waals surface area (Å²) in [6.07, 6.45) is 0.857. The monoisotopic (exact) mass is 175 g/mol. The van der Waals surface area contributed by atoms with Gasteiger partial charge in [0.1, 0.15) is 0 Å². The van der Waals surface area contributed by atoms with E-state index in [4.69, 9.17) is 11.6 Å². The second kappa shape index (κ2) is 2.71. The van der Waals surface area contributed by atoms with Crippen molar-refractivity contribution in [1.29, 1.82) is 0 Å². The van der Waals surface area contributed by atoms with Gasteiger partial charge in [0.05, 0.1) is 11.0 Å². The third-order valence-corrected chi connectivity index (χ3v) is 1.18. The van der Waals surface area contributed by atoms with Crippen molar-refractivity contribution >= 4 is 22.5 Å². The first-order valence-electron chi connectivity index (χ1n) is 2.54. The molecule has 0 aromatic carbocycles. The van der Waals surface area contributed by atoms with Gasteiger partial charge in [-0.05, 0) is 11.6 Å². The Labute approximate surface area is 65.7 Å². The summed E-state index contributed by atoms with van der Waals surface area (Å²) < 4.78 is 4.46. The zero-order chi connectivity index (χ0) is 8.43. The molecule has 0 aliphatic rings. The fourth-order valence-corrected chi connectivity index (χ4v) is 0.624. The molecule has 0 aliphatic heterocycles. The van der Waals surface area contributed by atoms with E-state index in [0.29, 0.717) is 0 Å². The predicted molar refractivity (Wildman–Crippen MR) is 35.5 cm³/mol. The van der Waals surface area contributed by atoms with E-state index in [2.05, 4.69) is 4.42 Å². The first-order chi connectivity index (χ1) is 5.11. The Morgan fingerprint density at radius 2 is 2.36 bits per heavy atom. The summed E-state index contributed by atoms with van der Waals surface area (Å²) in [5.74, 6) is -0.224. The van der Waals surface area contributed by atoms with Crippen molar-refractivity contribution in [1.82, 2.24) is 0 Å². The van der Waals surface area contributed by atoms with Crippen molar-refractivity contribution in [3.8, 4) is 0 Å². The normalized spacial score (nSPS) is 9.55. The molecule has 11 heavy (non-hydrogen) atoms. The van der Waals surface area contributed by atoms with Crippen molar-refractivity contribution in [3.63, 3.8) is 0 Å². The number of hydrogen-bond acceptors (Lipinski definition) is 4. The molecule has 0 unspecified atom stereocenters. The molecule has 58 valence electrons. The Balaban J connectivity index is 2.99. The fraction of sp³-hybridized carbons (Fsp3) is 0. The maximum Gasteiger partial charge on any atom is 0.308 e. The van der Waals surface area contributed by atoms with E-state index in [1.54, 1.807) is 0 Å². The molecule has 0 atom stereocenters. The number of hydrogen-bond donors (Lipinski definition) is 0. The van der Waals surface area contributed by atoms with Crippen molar-refractivity contribution < 1.29 is 14.1 Å². The molecular weight excluding hydrogens is 174 g/mol. The van der Waals surface area contributed by atoms with Crippen LogP contribution >= 0.6 is 11.6 Å². The topological polar surface area (TPSA) is 73.3 Å². The Bertz CT molecular complexity index is 277. The van der Waals surface area contributed by atoms with Crippen LogP contribution in [0.15, 0.2) is 16.7 Å². The minimum absolute atomic E-state index is 0.224. The molecule has 1 heterocycles. The molecule has 1 rings (SSSR count).